The third kappa shape index (κ3) is 12.8. The Morgan fingerprint density at radius 2 is 1.43 bits per heavy atom. The molecule has 0 bridgehead atoms. The number of carbonyl (C=O) groups is 5. The molecule has 5 amide bonds. The average molecular weight is 692 g/mol. The van der Waals surface area contributed by atoms with Crippen molar-refractivity contribution in [3.8, 4) is 0 Å². The summed E-state index contributed by atoms with van der Waals surface area (Å²) >= 11 is 0. The summed E-state index contributed by atoms with van der Waals surface area (Å²) in [5.74, 6) is -2.69. The summed E-state index contributed by atoms with van der Waals surface area (Å²) in [5.41, 5.74) is 0.398. The van der Waals surface area contributed by atoms with Gasteiger partial charge in [0.2, 0.25) is 17.7 Å². The highest BCUT2D eigenvalue weighted by Crippen LogP contribution is 2.32. The molecule has 2 saturated heterocycles. The highest BCUT2D eigenvalue weighted by atomic mass is 16.7. The minimum Gasteiger partial charge on any atom is -0.379 e. The zero-order valence-electron chi connectivity index (χ0n) is 28.1. The van der Waals surface area contributed by atoms with Crippen molar-refractivity contribution in [1.82, 2.24) is 10.2 Å². The van der Waals surface area contributed by atoms with Crippen LogP contribution in [-0.4, -0.2) is 126 Å². The predicted octanol–water partition coefficient (Wildman–Crippen LogP) is 2.21. The summed E-state index contributed by atoms with van der Waals surface area (Å²) < 4.78 is 38.6. The van der Waals surface area contributed by atoms with Gasteiger partial charge < -0.3 is 38.5 Å². The van der Waals surface area contributed by atoms with Crippen molar-refractivity contribution >= 4 is 35.2 Å². The topological polar surface area (TPSA) is 177 Å². The number of carbonyl (C=O) groups excluding carboxylic acids is 5. The highest BCUT2D eigenvalue weighted by molar-refractivity contribution is 6.26. The molecule has 3 aliphatic heterocycles. The number of unbranched alkanes of at least 4 members (excludes halogenated alkanes) is 2. The van der Waals surface area contributed by atoms with Gasteiger partial charge in [-0.05, 0) is 50.7 Å². The second-order valence-electron chi connectivity index (χ2n) is 11.8. The Kier molecular flexibility index (Phi) is 17.1. The summed E-state index contributed by atoms with van der Waals surface area (Å²) in [6, 6.07) is 3.54. The van der Waals surface area contributed by atoms with Crippen molar-refractivity contribution in [3.63, 3.8) is 0 Å². The maximum atomic E-state index is 13.2. The van der Waals surface area contributed by atoms with Crippen LogP contribution in [0.5, 0.6) is 0 Å². The molecule has 272 valence electrons. The molecule has 1 aromatic carbocycles. The van der Waals surface area contributed by atoms with Gasteiger partial charge >= 0.3 is 0 Å². The van der Waals surface area contributed by atoms with E-state index in [0.29, 0.717) is 79.1 Å². The van der Waals surface area contributed by atoms with Gasteiger partial charge in [0.05, 0.1) is 82.9 Å². The fourth-order valence-electron chi connectivity index (χ4n) is 5.56. The molecule has 3 aliphatic rings. The van der Waals surface area contributed by atoms with Crippen LogP contribution in [0.4, 0.5) is 5.69 Å². The highest BCUT2D eigenvalue weighted by Gasteiger charge is 2.45. The summed E-state index contributed by atoms with van der Waals surface area (Å²) in [6.07, 6.45) is 5.61. The molecule has 2 atom stereocenters. The smallest absolute Gasteiger partial charge is 0.264 e. The van der Waals surface area contributed by atoms with Crippen LogP contribution in [0, 0.1) is 0 Å². The molecule has 0 spiro atoms. The van der Waals surface area contributed by atoms with Gasteiger partial charge in [0.1, 0.15) is 6.04 Å². The van der Waals surface area contributed by atoms with Crippen molar-refractivity contribution < 1.29 is 57.1 Å². The van der Waals surface area contributed by atoms with Crippen LogP contribution in [-0.2, 0) is 47.5 Å². The first-order valence-electron chi connectivity index (χ1n) is 17.2. The zero-order valence-corrected chi connectivity index (χ0v) is 28.1. The summed E-state index contributed by atoms with van der Waals surface area (Å²) in [7, 11) is 0. The number of nitrogens with zero attached hydrogens (tertiary/aromatic N) is 1. The number of piperidine rings is 1. The number of benzene rings is 1. The van der Waals surface area contributed by atoms with Crippen LogP contribution < -0.4 is 10.6 Å². The Labute approximate surface area is 286 Å². The second kappa shape index (κ2) is 21.7. The van der Waals surface area contributed by atoms with E-state index < -0.39 is 29.7 Å². The molecule has 0 aliphatic carbocycles. The number of hydrogen-bond acceptors (Lipinski definition) is 12. The van der Waals surface area contributed by atoms with E-state index in [9.17, 15) is 24.0 Å². The number of ether oxygens (including phenoxy) is 7. The number of anilines is 1. The Hall–Kier alpha value is -3.31. The molecule has 0 aromatic heterocycles. The third-order valence-electron chi connectivity index (χ3n) is 8.09. The molecule has 49 heavy (non-hydrogen) atoms. The maximum absolute atomic E-state index is 13.2. The number of fused-ring (bicyclic) bond motifs is 1. The minimum atomic E-state index is -1.07. The van der Waals surface area contributed by atoms with E-state index in [1.807, 2.05) is 0 Å². The molecule has 4 rings (SSSR count). The van der Waals surface area contributed by atoms with Gasteiger partial charge in [0.25, 0.3) is 11.8 Å². The quantitative estimate of drug-likeness (QED) is 0.120. The van der Waals surface area contributed by atoms with Gasteiger partial charge in [-0.15, -0.1) is 0 Å². The molecule has 2 N–H and O–H groups in total. The second-order valence-corrected chi connectivity index (χ2v) is 11.8. The predicted molar refractivity (Wildman–Crippen MR) is 174 cm³/mol. The minimum absolute atomic E-state index is 0.0331. The molecule has 2 fully saturated rings. The van der Waals surface area contributed by atoms with Crippen molar-refractivity contribution in [3.05, 3.63) is 29.3 Å². The third-order valence-corrected chi connectivity index (χ3v) is 8.09. The van der Waals surface area contributed by atoms with Crippen molar-refractivity contribution in [2.45, 2.75) is 70.1 Å². The monoisotopic (exact) mass is 691 g/mol. The number of nitrogens with one attached hydrogen (secondary N) is 2. The van der Waals surface area contributed by atoms with Gasteiger partial charge in [0, 0.05) is 26.1 Å². The number of amides is 5. The lowest BCUT2D eigenvalue weighted by molar-refractivity contribution is -0.169. The molecule has 2 unspecified atom stereocenters. The normalized spacial score (nSPS) is 19.3. The van der Waals surface area contributed by atoms with Crippen LogP contribution >= 0.6 is 0 Å². The lowest BCUT2D eigenvalue weighted by Gasteiger charge is -2.27. The van der Waals surface area contributed by atoms with E-state index in [-0.39, 0.29) is 48.3 Å². The van der Waals surface area contributed by atoms with E-state index in [1.54, 1.807) is 12.1 Å². The van der Waals surface area contributed by atoms with Crippen LogP contribution in [0.3, 0.4) is 0 Å². The summed E-state index contributed by atoms with van der Waals surface area (Å²) in [5, 5.41) is 4.90. The summed E-state index contributed by atoms with van der Waals surface area (Å²) in [4.78, 5) is 63.4. The first kappa shape index (κ1) is 38.5. The molecular formula is C34H49N3O12. The van der Waals surface area contributed by atoms with Gasteiger partial charge in [0.15, 0.2) is 6.29 Å². The Morgan fingerprint density at radius 1 is 0.776 bits per heavy atom. The zero-order chi connectivity index (χ0) is 34.7. The van der Waals surface area contributed by atoms with Crippen LogP contribution in [0.1, 0.15) is 78.5 Å². The molecule has 15 nitrogen and oxygen atoms in total. The van der Waals surface area contributed by atoms with Crippen molar-refractivity contribution in [2.75, 3.05) is 84.6 Å². The van der Waals surface area contributed by atoms with E-state index in [4.69, 9.17) is 33.2 Å². The van der Waals surface area contributed by atoms with Crippen LogP contribution in [0.2, 0.25) is 0 Å². The fourth-order valence-corrected chi connectivity index (χ4v) is 5.56. The Morgan fingerprint density at radius 3 is 2.06 bits per heavy atom. The Balaban J connectivity index is 0.931. The van der Waals surface area contributed by atoms with E-state index in [2.05, 4.69) is 10.6 Å². The lowest BCUT2D eigenvalue weighted by atomic mass is 10.0. The molecule has 0 radical (unpaired) electrons. The van der Waals surface area contributed by atoms with Crippen LogP contribution in [0.15, 0.2) is 18.2 Å². The molecule has 3 heterocycles. The number of hydrogen-bond donors (Lipinski definition) is 2. The molecule has 0 saturated carbocycles. The standard InChI is InChI=1S/C34H49N3O12/c38-28(35-26-8-6-7-25-31(26)34(42)37(33(25)41)27-11-12-29(39)36-32(27)40)9-2-1-4-13-43-15-16-44-17-18-45-19-20-46-21-22-47-23-24-49-30-10-3-5-14-48-30/h6-8,27,30H,1-5,9-24H2,(H,35,38)(H,36,39,40). The Bertz CT molecular complexity index is 1240. The van der Waals surface area contributed by atoms with Crippen molar-refractivity contribution in [2.24, 2.45) is 0 Å². The summed E-state index contributed by atoms with van der Waals surface area (Å²) in [6.45, 7) is 6.18. The first-order valence-corrected chi connectivity index (χ1v) is 17.2. The van der Waals surface area contributed by atoms with Crippen molar-refractivity contribution in [1.29, 1.82) is 0 Å². The molecular weight excluding hydrogens is 642 g/mol. The van der Waals surface area contributed by atoms with E-state index >= 15 is 0 Å². The first-order chi connectivity index (χ1) is 24.0. The van der Waals surface area contributed by atoms with E-state index in [1.165, 1.54) is 6.07 Å². The number of imide groups is 2. The number of rotatable bonds is 24. The van der Waals surface area contributed by atoms with E-state index in [0.717, 1.165) is 43.6 Å². The molecule has 1 aromatic rings. The largest absolute Gasteiger partial charge is 0.379 e. The van der Waals surface area contributed by atoms with Gasteiger partial charge in [-0.2, -0.15) is 0 Å². The molecule has 15 heteroatoms. The van der Waals surface area contributed by atoms with Gasteiger partial charge in [-0.25, -0.2) is 0 Å². The van der Waals surface area contributed by atoms with Gasteiger partial charge in [-0.3, -0.25) is 34.2 Å². The lowest BCUT2D eigenvalue weighted by Crippen LogP contribution is -2.54. The fraction of sp³-hybridized carbons (Fsp3) is 0.676. The van der Waals surface area contributed by atoms with Gasteiger partial charge in [-0.1, -0.05) is 12.5 Å². The SMILES string of the molecule is O=C1CCC(N2C(=O)c3cccc(NC(=O)CCCCCOCCOCCOCCOCCOCCOC4CCCCO4)c3C2=O)C(=O)N1. The van der Waals surface area contributed by atoms with Crippen LogP contribution in [0.25, 0.3) is 0 Å². The average Bonchev–Trinajstić information content (AvgIpc) is 3.35. The maximum Gasteiger partial charge on any atom is 0.264 e.